The Hall–Kier alpha value is -1.87. The van der Waals surface area contributed by atoms with Crippen LogP contribution in [0.5, 0.6) is 0 Å². The van der Waals surface area contributed by atoms with Crippen LogP contribution in [0.25, 0.3) is 0 Å². The minimum Gasteiger partial charge on any atom is -0.383 e. The van der Waals surface area contributed by atoms with Gasteiger partial charge in [-0.15, -0.1) is 0 Å². The van der Waals surface area contributed by atoms with Crippen molar-refractivity contribution in [3.05, 3.63) is 20.8 Å². The molecule has 8 nitrogen and oxygen atoms in total. The molecule has 1 aromatic heterocycles. The van der Waals surface area contributed by atoms with Crippen LogP contribution in [0.15, 0.2) is 9.59 Å². The first-order valence-electron chi connectivity index (χ1n) is 7.50. The van der Waals surface area contributed by atoms with Crippen LogP contribution in [0.2, 0.25) is 0 Å². The molecular weight excluding hydrogens is 318 g/mol. The number of hydrogen-bond acceptors (Lipinski definition) is 5. The Morgan fingerprint density at radius 2 is 2.13 bits per heavy atom. The summed E-state index contributed by atoms with van der Waals surface area (Å²) >= 11 is 5.32. The van der Waals surface area contributed by atoms with E-state index in [9.17, 15) is 9.59 Å². The normalized spacial score (nSPS) is 10.8. The molecule has 130 valence electrons. The molecule has 0 aliphatic carbocycles. The maximum Gasteiger partial charge on any atom is 0.330 e. The van der Waals surface area contributed by atoms with Gasteiger partial charge in [-0.2, -0.15) is 0 Å². The number of thiocarbonyl (C=S) groups is 1. The zero-order valence-electron chi connectivity index (χ0n) is 14.0. The summed E-state index contributed by atoms with van der Waals surface area (Å²) in [6.45, 7) is 7.52. The van der Waals surface area contributed by atoms with Crippen molar-refractivity contribution in [2.75, 3.05) is 37.4 Å². The molecule has 0 aromatic carbocycles. The molecule has 0 amide bonds. The molecule has 0 radical (unpaired) electrons. The highest BCUT2D eigenvalue weighted by Crippen LogP contribution is 2.17. The molecule has 0 spiro atoms. The Bertz CT molecular complexity index is 653. The number of aromatic nitrogens is 2. The highest BCUT2D eigenvalue weighted by molar-refractivity contribution is 7.80. The number of aromatic amines is 1. The fourth-order valence-corrected chi connectivity index (χ4v) is 2.46. The lowest BCUT2D eigenvalue weighted by molar-refractivity contribution is 0.207. The quantitative estimate of drug-likeness (QED) is 0.604. The Kier molecular flexibility index (Phi) is 7.24. The zero-order chi connectivity index (χ0) is 17.6. The number of nitrogens with zero attached hydrogens (tertiary/aromatic N) is 2. The lowest BCUT2D eigenvalue weighted by atomic mass is 10.2. The number of rotatable bonds is 7. The first-order valence-corrected chi connectivity index (χ1v) is 7.91. The van der Waals surface area contributed by atoms with E-state index in [1.54, 1.807) is 12.0 Å². The molecule has 0 saturated heterocycles. The van der Waals surface area contributed by atoms with Crippen molar-refractivity contribution in [3.63, 3.8) is 0 Å². The number of ether oxygens (including phenoxy) is 1. The van der Waals surface area contributed by atoms with Gasteiger partial charge in [-0.3, -0.25) is 14.3 Å². The molecule has 0 atom stereocenters. The smallest absolute Gasteiger partial charge is 0.330 e. The number of H-pyrrole nitrogens is 1. The Morgan fingerprint density at radius 1 is 1.48 bits per heavy atom. The molecule has 23 heavy (non-hydrogen) atoms. The SMILES string of the molecule is CCNC(=S)N(CCOC)c1c(N)n(CC(C)C)c(=O)[nH]c1=O. The van der Waals surface area contributed by atoms with Crippen molar-refractivity contribution in [2.45, 2.75) is 27.3 Å². The fourth-order valence-electron chi connectivity index (χ4n) is 2.13. The molecule has 0 aliphatic heterocycles. The summed E-state index contributed by atoms with van der Waals surface area (Å²) in [4.78, 5) is 28.2. The van der Waals surface area contributed by atoms with E-state index in [0.717, 1.165) is 0 Å². The third-order valence-electron chi connectivity index (χ3n) is 3.12. The second kappa shape index (κ2) is 8.68. The minimum absolute atomic E-state index is 0.101. The van der Waals surface area contributed by atoms with Gasteiger partial charge in [0.05, 0.1) is 6.61 Å². The molecule has 1 rings (SSSR count). The van der Waals surface area contributed by atoms with E-state index in [1.165, 1.54) is 4.57 Å². The summed E-state index contributed by atoms with van der Waals surface area (Å²) < 4.78 is 6.43. The van der Waals surface area contributed by atoms with Gasteiger partial charge >= 0.3 is 5.69 Å². The first kappa shape index (κ1) is 19.2. The van der Waals surface area contributed by atoms with Gasteiger partial charge in [0.2, 0.25) is 0 Å². The van der Waals surface area contributed by atoms with Crippen LogP contribution in [0, 0.1) is 5.92 Å². The van der Waals surface area contributed by atoms with Crippen LogP contribution >= 0.6 is 12.2 Å². The van der Waals surface area contributed by atoms with Crippen LogP contribution in [-0.2, 0) is 11.3 Å². The first-order chi connectivity index (χ1) is 10.8. The lowest BCUT2D eigenvalue weighted by Gasteiger charge is -2.26. The van der Waals surface area contributed by atoms with E-state index in [1.807, 2.05) is 20.8 Å². The molecule has 0 aliphatic rings. The third kappa shape index (κ3) is 4.80. The number of methoxy groups -OCH3 is 1. The summed E-state index contributed by atoms with van der Waals surface area (Å²) in [5.74, 6) is 0.297. The van der Waals surface area contributed by atoms with Crippen LogP contribution in [-0.4, -0.2) is 41.5 Å². The van der Waals surface area contributed by atoms with Gasteiger partial charge < -0.3 is 20.7 Å². The van der Waals surface area contributed by atoms with Crippen molar-refractivity contribution < 1.29 is 4.74 Å². The Balaban J connectivity index is 3.42. The highest BCUT2D eigenvalue weighted by Gasteiger charge is 2.21. The van der Waals surface area contributed by atoms with Crippen LogP contribution in [0.3, 0.4) is 0 Å². The van der Waals surface area contributed by atoms with Crippen LogP contribution in [0.4, 0.5) is 11.5 Å². The van der Waals surface area contributed by atoms with Crippen LogP contribution < -0.4 is 27.2 Å². The number of nitrogen functional groups attached to an aromatic ring is 1. The molecule has 0 saturated carbocycles. The van der Waals surface area contributed by atoms with Gasteiger partial charge in [0.1, 0.15) is 5.82 Å². The predicted octanol–water partition coefficient (Wildman–Crippen LogP) is 0.122. The molecule has 1 aromatic rings. The second-order valence-corrected chi connectivity index (χ2v) is 5.86. The molecule has 4 N–H and O–H groups in total. The fraction of sp³-hybridized carbons (Fsp3) is 0.643. The van der Waals surface area contributed by atoms with Gasteiger partial charge in [0, 0.05) is 26.7 Å². The van der Waals surface area contributed by atoms with Crippen molar-refractivity contribution in [1.82, 2.24) is 14.9 Å². The maximum absolute atomic E-state index is 12.3. The summed E-state index contributed by atoms with van der Waals surface area (Å²) in [6.07, 6.45) is 0. The van der Waals surface area contributed by atoms with Gasteiger partial charge in [0.25, 0.3) is 5.56 Å². The van der Waals surface area contributed by atoms with Gasteiger partial charge in [-0.05, 0) is 25.1 Å². The van der Waals surface area contributed by atoms with E-state index in [4.69, 9.17) is 22.7 Å². The second-order valence-electron chi connectivity index (χ2n) is 5.48. The summed E-state index contributed by atoms with van der Waals surface area (Å²) in [5, 5.41) is 3.35. The van der Waals surface area contributed by atoms with E-state index in [2.05, 4.69) is 10.3 Å². The summed E-state index contributed by atoms with van der Waals surface area (Å²) in [6, 6.07) is 0. The van der Waals surface area contributed by atoms with E-state index >= 15 is 0 Å². The standard InChI is InChI=1S/C14H25N5O3S/c1-5-16-14(23)18(6-7-22-4)10-11(15)19(8-9(2)3)13(21)17-12(10)20/h9H,5-8,15H2,1-4H3,(H,16,23)(H,17,20,21). The lowest BCUT2D eigenvalue weighted by Crippen LogP contribution is -2.46. The minimum atomic E-state index is -0.566. The monoisotopic (exact) mass is 343 g/mol. The Morgan fingerprint density at radius 3 is 2.65 bits per heavy atom. The van der Waals surface area contributed by atoms with Crippen molar-refractivity contribution >= 4 is 28.8 Å². The van der Waals surface area contributed by atoms with Crippen molar-refractivity contribution in [1.29, 1.82) is 0 Å². The van der Waals surface area contributed by atoms with Crippen LogP contribution in [0.1, 0.15) is 20.8 Å². The van der Waals surface area contributed by atoms with Gasteiger partial charge in [-0.1, -0.05) is 13.8 Å². The number of nitrogens with one attached hydrogen (secondary N) is 2. The average Bonchev–Trinajstić information content (AvgIpc) is 2.46. The molecular formula is C14H25N5O3S. The largest absolute Gasteiger partial charge is 0.383 e. The number of hydrogen-bond donors (Lipinski definition) is 3. The van der Waals surface area contributed by atoms with E-state index in [-0.39, 0.29) is 17.4 Å². The molecule has 1 heterocycles. The summed E-state index contributed by atoms with van der Waals surface area (Å²) in [5.41, 5.74) is 5.19. The third-order valence-corrected chi connectivity index (χ3v) is 3.49. The average molecular weight is 343 g/mol. The number of nitrogens with two attached hydrogens (primary N) is 1. The molecule has 9 heteroatoms. The molecule has 0 fully saturated rings. The highest BCUT2D eigenvalue weighted by atomic mass is 32.1. The zero-order valence-corrected chi connectivity index (χ0v) is 14.8. The molecule has 0 unspecified atom stereocenters. The topological polar surface area (TPSA) is 105 Å². The van der Waals surface area contributed by atoms with E-state index < -0.39 is 11.2 Å². The van der Waals surface area contributed by atoms with Crippen molar-refractivity contribution in [3.8, 4) is 0 Å². The van der Waals surface area contributed by atoms with E-state index in [0.29, 0.717) is 31.4 Å². The summed E-state index contributed by atoms with van der Waals surface area (Å²) in [7, 11) is 1.56. The van der Waals surface area contributed by atoms with Gasteiger partial charge in [-0.25, -0.2) is 4.79 Å². The number of anilines is 2. The van der Waals surface area contributed by atoms with Gasteiger partial charge in [0.15, 0.2) is 10.8 Å². The predicted molar refractivity (Wildman–Crippen MR) is 96.1 cm³/mol. The molecule has 0 bridgehead atoms. The van der Waals surface area contributed by atoms with Crippen molar-refractivity contribution in [2.24, 2.45) is 5.92 Å². The maximum atomic E-state index is 12.3. The Labute approximate surface area is 140 Å².